The zero-order valence-corrected chi connectivity index (χ0v) is 9.73. The average Bonchev–Trinajstić information content (AvgIpc) is 2.82. The van der Waals surface area contributed by atoms with Crippen LogP contribution in [-0.2, 0) is 0 Å². The highest BCUT2D eigenvalue weighted by Crippen LogP contribution is 2.33. The van der Waals surface area contributed by atoms with Gasteiger partial charge in [-0.05, 0) is 36.3 Å². The summed E-state index contributed by atoms with van der Waals surface area (Å²) in [5.41, 5.74) is 3.20. The van der Waals surface area contributed by atoms with E-state index in [9.17, 15) is 0 Å². The van der Waals surface area contributed by atoms with E-state index >= 15 is 0 Å². The van der Waals surface area contributed by atoms with Gasteiger partial charge in [0, 0.05) is 10.9 Å². The fraction of sp³-hybridized carbons (Fsp3) is 0.0625. The summed E-state index contributed by atoms with van der Waals surface area (Å²) in [7, 11) is 0. The van der Waals surface area contributed by atoms with Crippen molar-refractivity contribution in [2.24, 2.45) is 0 Å². The summed E-state index contributed by atoms with van der Waals surface area (Å²) < 4.78 is 5.61. The second kappa shape index (κ2) is 3.77. The molecule has 3 rings (SSSR count). The van der Waals surface area contributed by atoms with Crippen molar-refractivity contribution in [1.82, 2.24) is 0 Å². The molecule has 0 aliphatic rings. The van der Waals surface area contributed by atoms with Gasteiger partial charge >= 0.3 is 0 Å². The SMILES string of the molecule is [CH2]C=C(C)c1coc2ccc3ccccc3c12. The van der Waals surface area contributed by atoms with Crippen LogP contribution < -0.4 is 0 Å². The van der Waals surface area contributed by atoms with E-state index in [2.05, 4.69) is 44.2 Å². The van der Waals surface area contributed by atoms with Gasteiger partial charge < -0.3 is 4.42 Å². The van der Waals surface area contributed by atoms with Crippen molar-refractivity contribution in [3.63, 3.8) is 0 Å². The zero-order valence-electron chi connectivity index (χ0n) is 9.73. The first kappa shape index (κ1) is 10.2. The quantitative estimate of drug-likeness (QED) is 0.574. The van der Waals surface area contributed by atoms with E-state index < -0.39 is 0 Å². The minimum Gasteiger partial charge on any atom is -0.464 e. The molecule has 0 N–H and O–H groups in total. The molecule has 1 aromatic heterocycles. The molecule has 83 valence electrons. The molecule has 0 aliphatic heterocycles. The van der Waals surface area contributed by atoms with E-state index in [1.54, 1.807) is 0 Å². The van der Waals surface area contributed by atoms with Crippen LogP contribution in [0.25, 0.3) is 27.3 Å². The van der Waals surface area contributed by atoms with Crippen molar-refractivity contribution in [1.29, 1.82) is 0 Å². The highest BCUT2D eigenvalue weighted by atomic mass is 16.3. The van der Waals surface area contributed by atoms with Gasteiger partial charge in [0.15, 0.2) is 0 Å². The average molecular weight is 221 g/mol. The molecule has 0 unspecified atom stereocenters. The van der Waals surface area contributed by atoms with Gasteiger partial charge in [-0.2, -0.15) is 0 Å². The molecule has 1 radical (unpaired) electrons. The monoisotopic (exact) mass is 221 g/mol. The maximum atomic E-state index is 5.61. The summed E-state index contributed by atoms with van der Waals surface area (Å²) >= 11 is 0. The normalized spacial score (nSPS) is 12.5. The molecule has 1 heteroatoms. The Morgan fingerprint density at radius 2 is 2.00 bits per heavy atom. The predicted molar refractivity (Wildman–Crippen MR) is 72.7 cm³/mol. The molecule has 17 heavy (non-hydrogen) atoms. The van der Waals surface area contributed by atoms with Crippen LogP contribution >= 0.6 is 0 Å². The standard InChI is InChI=1S/C16H13O/c1-3-11(2)14-10-17-15-9-8-12-6-4-5-7-13(12)16(14)15/h3-10H,1H2,2H3. The van der Waals surface area contributed by atoms with Gasteiger partial charge in [-0.3, -0.25) is 0 Å². The molecule has 0 amide bonds. The van der Waals surface area contributed by atoms with Crippen LogP contribution in [0.3, 0.4) is 0 Å². The molecule has 0 saturated heterocycles. The molecule has 0 fully saturated rings. The highest BCUT2D eigenvalue weighted by molar-refractivity contribution is 6.10. The summed E-state index contributed by atoms with van der Waals surface area (Å²) in [5.74, 6) is 0. The second-order valence-corrected chi connectivity index (χ2v) is 4.20. The molecule has 3 aromatic rings. The summed E-state index contributed by atoms with van der Waals surface area (Å²) in [6.07, 6.45) is 3.68. The topological polar surface area (TPSA) is 13.1 Å². The van der Waals surface area contributed by atoms with Crippen LogP contribution in [0.5, 0.6) is 0 Å². The van der Waals surface area contributed by atoms with Crippen molar-refractivity contribution in [3.8, 4) is 0 Å². The van der Waals surface area contributed by atoms with Gasteiger partial charge in [0.05, 0.1) is 6.26 Å². The lowest BCUT2D eigenvalue weighted by molar-refractivity contribution is 0.615. The molecule has 0 spiro atoms. The summed E-state index contributed by atoms with van der Waals surface area (Å²) in [6, 6.07) is 12.5. The molecule has 0 bridgehead atoms. The minimum absolute atomic E-state index is 0.930. The largest absolute Gasteiger partial charge is 0.464 e. The Kier molecular flexibility index (Phi) is 2.25. The zero-order chi connectivity index (χ0) is 11.8. The van der Waals surface area contributed by atoms with Crippen molar-refractivity contribution < 1.29 is 4.42 Å². The van der Waals surface area contributed by atoms with Gasteiger partial charge in [0.1, 0.15) is 5.58 Å². The van der Waals surface area contributed by atoms with Gasteiger partial charge in [-0.15, -0.1) is 0 Å². The van der Waals surface area contributed by atoms with E-state index in [0.29, 0.717) is 0 Å². The third-order valence-corrected chi connectivity index (χ3v) is 3.19. The molecule has 2 aromatic carbocycles. The summed E-state index contributed by atoms with van der Waals surface area (Å²) in [6.45, 7) is 5.88. The van der Waals surface area contributed by atoms with Crippen LogP contribution in [0.15, 0.2) is 53.2 Å². The Labute approximate surface area is 100 Å². The van der Waals surface area contributed by atoms with E-state index in [1.165, 1.54) is 16.2 Å². The minimum atomic E-state index is 0.930. The van der Waals surface area contributed by atoms with Crippen LogP contribution in [0.1, 0.15) is 12.5 Å². The number of hydrogen-bond acceptors (Lipinski definition) is 1. The fourth-order valence-electron chi connectivity index (χ4n) is 2.21. The van der Waals surface area contributed by atoms with Crippen molar-refractivity contribution >= 4 is 27.3 Å². The number of benzene rings is 2. The van der Waals surface area contributed by atoms with Crippen LogP contribution in [0.4, 0.5) is 0 Å². The smallest absolute Gasteiger partial charge is 0.135 e. The lowest BCUT2D eigenvalue weighted by atomic mass is 10.0. The predicted octanol–water partition coefficient (Wildman–Crippen LogP) is 4.82. The Bertz CT molecular complexity index is 717. The number of rotatable bonds is 1. The Morgan fingerprint density at radius 3 is 2.82 bits per heavy atom. The van der Waals surface area contributed by atoms with Crippen molar-refractivity contribution in [3.05, 3.63) is 61.2 Å². The van der Waals surface area contributed by atoms with Gasteiger partial charge in [-0.25, -0.2) is 0 Å². The van der Waals surface area contributed by atoms with Gasteiger partial charge in [-0.1, -0.05) is 36.4 Å². The maximum absolute atomic E-state index is 5.61. The van der Waals surface area contributed by atoms with Crippen molar-refractivity contribution in [2.75, 3.05) is 0 Å². The van der Waals surface area contributed by atoms with Crippen LogP contribution in [0, 0.1) is 6.92 Å². The first-order valence-electron chi connectivity index (χ1n) is 5.66. The van der Waals surface area contributed by atoms with E-state index in [4.69, 9.17) is 4.42 Å². The van der Waals surface area contributed by atoms with Crippen LogP contribution in [0.2, 0.25) is 0 Å². The molecule has 0 aliphatic carbocycles. The lowest BCUT2D eigenvalue weighted by Crippen LogP contribution is -1.79. The van der Waals surface area contributed by atoms with Crippen molar-refractivity contribution in [2.45, 2.75) is 6.92 Å². The highest BCUT2D eigenvalue weighted by Gasteiger charge is 2.10. The lowest BCUT2D eigenvalue weighted by Gasteiger charge is -2.01. The summed E-state index contributed by atoms with van der Waals surface area (Å²) in [4.78, 5) is 0. The Morgan fingerprint density at radius 1 is 1.18 bits per heavy atom. The number of fused-ring (bicyclic) bond motifs is 3. The van der Waals surface area contributed by atoms with E-state index in [0.717, 1.165) is 16.7 Å². The molecular formula is C16H13O. The molecule has 1 heterocycles. The second-order valence-electron chi connectivity index (χ2n) is 4.20. The number of hydrogen-bond donors (Lipinski definition) is 0. The molecule has 0 atom stereocenters. The molecule has 0 saturated carbocycles. The van der Waals surface area contributed by atoms with Crippen LogP contribution in [-0.4, -0.2) is 0 Å². The first-order chi connectivity index (χ1) is 8.31. The van der Waals surface area contributed by atoms with Gasteiger partial charge in [0.25, 0.3) is 0 Å². The van der Waals surface area contributed by atoms with E-state index in [-0.39, 0.29) is 0 Å². The number of furan rings is 1. The van der Waals surface area contributed by atoms with E-state index in [1.807, 2.05) is 18.4 Å². The third kappa shape index (κ3) is 1.47. The fourth-order valence-corrected chi connectivity index (χ4v) is 2.21. The van der Waals surface area contributed by atoms with Gasteiger partial charge in [0.2, 0.25) is 0 Å². The molecule has 1 nitrogen and oxygen atoms in total. The Balaban J connectivity index is 2.51. The summed E-state index contributed by atoms with van der Waals surface area (Å²) in [5, 5.41) is 3.65. The third-order valence-electron chi connectivity index (χ3n) is 3.19. The molecular weight excluding hydrogens is 208 g/mol. The maximum Gasteiger partial charge on any atom is 0.135 e. The first-order valence-corrected chi connectivity index (χ1v) is 5.66. The Hall–Kier alpha value is -2.02. The number of allylic oxidation sites excluding steroid dienone is 2.